The molecular formula is C14H21BrO5. The summed E-state index contributed by atoms with van der Waals surface area (Å²) in [5.41, 5.74) is 0.673. The largest absolute Gasteiger partial charge is 0.490 e. The van der Waals surface area contributed by atoms with Crippen LogP contribution in [0.15, 0.2) is 22.7 Å². The van der Waals surface area contributed by atoms with Gasteiger partial charge >= 0.3 is 0 Å². The molecule has 0 aromatic heterocycles. The lowest BCUT2D eigenvalue weighted by atomic mass is 10.1. The van der Waals surface area contributed by atoms with E-state index in [0.29, 0.717) is 24.5 Å². The van der Waals surface area contributed by atoms with E-state index < -0.39 is 12.2 Å². The third-order valence-corrected chi connectivity index (χ3v) is 3.09. The Bertz CT molecular complexity index is 397. The Morgan fingerprint density at radius 3 is 2.60 bits per heavy atom. The van der Waals surface area contributed by atoms with Crippen molar-refractivity contribution < 1.29 is 24.4 Å². The van der Waals surface area contributed by atoms with Crippen molar-refractivity contribution in [1.82, 2.24) is 0 Å². The van der Waals surface area contributed by atoms with Gasteiger partial charge in [0.05, 0.1) is 25.9 Å². The molecule has 0 saturated carbocycles. The Balaban J connectivity index is 2.44. The average molecular weight is 349 g/mol. The van der Waals surface area contributed by atoms with Gasteiger partial charge in [-0.05, 0) is 25.1 Å². The van der Waals surface area contributed by atoms with Crippen LogP contribution >= 0.6 is 15.9 Å². The molecule has 0 aliphatic rings. The van der Waals surface area contributed by atoms with E-state index in [-0.39, 0.29) is 13.2 Å². The van der Waals surface area contributed by atoms with Crippen LogP contribution in [-0.2, 0) is 9.47 Å². The number of aliphatic hydroxyl groups is 2. The zero-order valence-corrected chi connectivity index (χ0v) is 13.3. The summed E-state index contributed by atoms with van der Waals surface area (Å²) in [6, 6.07) is 5.37. The Morgan fingerprint density at radius 2 is 1.95 bits per heavy atom. The van der Waals surface area contributed by atoms with Gasteiger partial charge in [0.25, 0.3) is 0 Å². The summed E-state index contributed by atoms with van der Waals surface area (Å²) in [6.07, 6.45) is -1.37. The molecule has 0 aliphatic heterocycles. The molecule has 5 nitrogen and oxygen atoms in total. The van der Waals surface area contributed by atoms with Crippen LogP contribution in [0.2, 0.25) is 0 Å². The fourth-order valence-electron chi connectivity index (χ4n) is 1.57. The molecule has 0 amide bonds. The SMILES string of the molecule is COCCOCC(O)COc1ccc(Br)cc1[C@@H](C)O. The molecular weight excluding hydrogens is 328 g/mol. The molecule has 0 heterocycles. The summed E-state index contributed by atoms with van der Waals surface area (Å²) in [6.45, 7) is 2.88. The number of hydrogen-bond acceptors (Lipinski definition) is 5. The lowest BCUT2D eigenvalue weighted by Crippen LogP contribution is -2.24. The summed E-state index contributed by atoms with van der Waals surface area (Å²) in [7, 11) is 1.59. The molecule has 1 unspecified atom stereocenters. The van der Waals surface area contributed by atoms with Crippen LogP contribution in [0.1, 0.15) is 18.6 Å². The monoisotopic (exact) mass is 348 g/mol. The Hall–Kier alpha value is -0.660. The Kier molecular flexibility index (Phi) is 8.09. The van der Waals surface area contributed by atoms with Crippen molar-refractivity contribution in [2.45, 2.75) is 19.1 Å². The van der Waals surface area contributed by atoms with Crippen LogP contribution in [0.3, 0.4) is 0 Å². The second-order valence-corrected chi connectivity index (χ2v) is 5.31. The number of methoxy groups -OCH3 is 1. The smallest absolute Gasteiger partial charge is 0.125 e. The quantitative estimate of drug-likeness (QED) is 0.667. The summed E-state index contributed by atoms with van der Waals surface area (Å²) in [4.78, 5) is 0. The molecule has 1 aromatic carbocycles. The summed E-state index contributed by atoms with van der Waals surface area (Å²) >= 11 is 3.35. The second kappa shape index (κ2) is 9.31. The third-order valence-electron chi connectivity index (χ3n) is 2.60. The van der Waals surface area contributed by atoms with E-state index in [1.807, 2.05) is 6.07 Å². The fourth-order valence-corrected chi connectivity index (χ4v) is 1.95. The zero-order valence-electron chi connectivity index (χ0n) is 11.7. The Morgan fingerprint density at radius 1 is 1.20 bits per heavy atom. The molecule has 0 bridgehead atoms. The first-order valence-electron chi connectivity index (χ1n) is 6.39. The van der Waals surface area contributed by atoms with Crippen LogP contribution in [-0.4, -0.2) is 49.9 Å². The van der Waals surface area contributed by atoms with E-state index in [1.165, 1.54) is 0 Å². The van der Waals surface area contributed by atoms with Gasteiger partial charge in [-0.1, -0.05) is 15.9 Å². The van der Waals surface area contributed by atoms with Crippen molar-refractivity contribution >= 4 is 15.9 Å². The predicted molar refractivity (Wildman–Crippen MR) is 79.0 cm³/mol. The summed E-state index contributed by atoms with van der Waals surface area (Å²) in [5, 5.41) is 19.4. The standard InChI is InChI=1S/C14H21BrO5/c1-10(16)13-7-11(15)3-4-14(13)20-9-12(17)8-19-6-5-18-2/h3-4,7,10,12,16-17H,5-6,8-9H2,1-2H3/t10-,12?/m1/s1. The van der Waals surface area contributed by atoms with Gasteiger partial charge < -0.3 is 24.4 Å². The fraction of sp³-hybridized carbons (Fsp3) is 0.571. The first-order chi connectivity index (χ1) is 9.54. The van der Waals surface area contributed by atoms with Gasteiger partial charge in [0.1, 0.15) is 18.5 Å². The molecule has 20 heavy (non-hydrogen) atoms. The highest BCUT2D eigenvalue weighted by molar-refractivity contribution is 9.10. The van der Waals surface area contributed by atoms with Gasteiger partial charge in [0.15, 0.2) is 0 Å². The molecule has 0 saturated heterocycles. The van der Waals surface area contributed by atoms with Crippen molar-refractivity contribution in [1.29, 1.82) is 0 Å². The van der Waals surface area contributed by atoms with Gasteiger partial charge in [-0.15, -0.1) is 0 Å². The van der Waals surface area contributed by atoms with Crippen LogP contribution in [0.4, 0.5) is 0 Å². The van der Waals surface area contributed by atoms with Gasteiger partial charge in [-0.2, -0.15) is 0 Å². The first kappa shape index (κ1) is 17.4. The number of halogens is 1. The minimum absolute atomic E-state index is 0.105. The highest BCUT2D eigenvalue weighted by Crippen LogP contribution is 2.28. The highest BCUT2D eigenvalue weighted by atomic mass is 79.9. The van der Waals surface area contributed by atoms with Crippen molar-refractivity contribution in [3.8, 4) is 5.75 Å². The van der Waals surface area contributed by atoms with E-state index in [0.717, 1.165) is 4.47 Å². The van der Waals surface area contributed by atoms with Gasteiger partial charge in [-0.25, -0.2) is 0 Å². The Labute approximate surface area is 127 Å². The van der Waals surface area contributed by atoms with Crippen molar-refractivity contribution in [3.63, 3.8) is 0 Å². The topological polar surface area (TPSA) is 68.2 Å². The van der Waals surface area contributed by atoms with Crippen LogP contribution in [0.25, 0.3) is 0 Å². The molecule has 6 heteroatoms. The maximum absolute atomic E-state index is 9.73. The van der Waals surface area contributed by atoms with Crippen LogP contribution in [0.5, 0.6) is 5.75 Å². The number of aliphatic hydroxyl groups excluding tert-OH is 2. The normalized spacial score (nSPS) is 14.1. The molecule has 2 N–H and O–H groups in total. The maximum atomic E-state index is 9.73. The maximum Gasteiger partial charge on any atom is 0.125 e. The zero-order chi connectivity index (χ0) is 15.0. The van der Waals surface area contributed by atoms with Crippen molar-refractivity contribution in [2.24, 2.45) is 0 Å². The van der Waals surface area contributed by atoms with E-state index in [1.54, 1.807) is 26.2 Å². The average Bonchev–Trinajstić information content (AvgIpc) is 2.42. The van der Waals surface area contributed by atoms with Crippen LogP contribution < -0.4 is 4.74 Å². The minimum atomic E-state index is -0.725. The van der Waals surface area contributed by atoms with Crippen molar-refractivity contribution in [2.75, 3.05) is 33.5 Å². The summed E-state index contributed by atoms with van der Waals surface area (Å²) in [5.74, 6) is 0.555. The lowest BCUT2D eigenvalue weighted by molar-refractivity contribution is -0.00460. The molecule has 1 aromatic rings. The molecule has 0 radical (unpaired) electrons. The van der Waals surface area contributed by atoms with E-state index >= 15 is 0 Å². The highest BCUT2D eigenvalue weighted by Gasteiger charge is 2.12. The number of ether oxygens (including phenoxy) is 3. The molecule has 0 aliphatic carbocycles. The van der Waals surface area contributed by atoms with Crippen LogP contribution in [0, 0.1) is 0 Å². The molecule has 0 fully saturated rings. The lowest BCUT2D eigenvalue weighted by Gasteiger charge is -2.16. The molecule has 2 atom stereocenters. The number of benzene rings is 1. The summed E-state index contributed by atoms with van der Waals surface area (Å²) < 4.78 is 16.4. The first-order valence-corrected chi connectivity index (χ1v) is 7.19. The van der Waals surface area contributed by atoms with Gasteiger partial charge in [0, 0.05) is 17.1 Å². The molecule has 0 spiro atoms. The second-order valence-electron chi connectivity index (χ2n) is 4.39. The third kappa shape index (κ3) is 6.19. The molecule has 114 valence electrons. The number of rotatable bonds is 9. The van der Waals surface area contributed by atoms with Gasteiger partial charge in [0.2, 0.25) is 0 Å². The molecule has 1 rings (SSSR count). The van der Waals surface area contributed by atoms with E-state index in [4.69, 9.17) is 14.2 Å². The van der Waals surface area contributed by atoms with E-state index in [2.05, 4.69) is 15.9 Å². The minimum Gasteiger partial charge on any atom is -0.490 e. The van der Waals surface area contributed by atoms with Crippen molar-refractivity contribution in [3.05, 3.63) is 28.2 Å². The predicted octanol–water partition coefficient (Wildman–Crippen LogP) is 1.91. The van der Waals surface area contributed by atoms with Gasteiger partial charge in [-0.3, -0.25) is 0 Å². The van der Waals surface area contributed by atoms with E-state index in [9.17, 15) is 10.2 Å². The number of hydrogen-bond donors (Lipinski definition) is 2.